The first kappa shape index (κ1) is 21.0. The molecule has 2 aliphatic heterocycles. The summed E-state index contributed by atoms with van der Waals surface area (Å²) in [6.45, 7) is 1.98. The maximum atomic E-state index is 12.4. The van der Waals surface area contributed by atoms with E-state index >= 15 is 0 Å². The van der Waals surface area contributed by atoms with Gasteiger partial charge in [-0.05, 0) is 30.3 Å². The summed E-state index contributed by atoms with van der Waals surface area (Å²) in [6, 6.07) is 8.63. The van der Waals surface area contributed by atoms with Crippen molar-refractivity contribution in [2.24, 2.45) is 0 Å². The minimum absolute atomic E-state index is 0.0482. The SMILES string of the molecule is O=C(c1ccco1)N1CCN(c2ccc(NC3=CC(=O)N(CCO)C3=O)cc2Cl)CC1. The molecule has 2 N–H and O–H groups in total. The predicted molar refractivity (Wildman–Crippen MR) is 114 cm³/mol. The second-order valence-corrected chi connectivity index (χ2v) is 7.53. The zero-order valence-corrected chi connectivity index (χ0v) is 17.3. The van der Waals surface area contributed by atoms with Gasteiger partial charge < -0.3 is 24.6 Å². The van der Waals surface area contributed by atoms with Gasteiger partial charge in [-0.3, -0.25) is 19.3 Å². The maximum absolute atomic E-state index is 12.4. The van der Waals surface area contributed by atoms with Gasteiger partial charge in [0, 0.05) is 37.9 Å². The molecule has 9 nitrogen and oxygen atoms in total. The first-order valence-corrected chi connectivity index (χ1v) is 10.2. The fraction of sp³-hybridized carbons (Fsp3) is 0.286. The number of amides is 3. The van der Waals surface area contributed by atoms with Crippen LogP contribution in [0.25, 0.3) is 0 Å². The van der Waals surface area contributed by atoms with Gasteiger partial charge in [-0.25, -0.2) is 0 Å². The number of rotatable bonds is 6. The van der Waals surface area contributed by atoms with Gasteiger partial charge in [0.25, 0.3) is 17.7 Å². The van der Waals surface area contributed by atoms with Gasteiger partial charge in [0.1, 0.15) is 5.70 Å². The molecule has 0 spiro atoms. The number of hydrogen-bond donors (Lipinski definition) is 2. The molecule has 0 bridgehead atoms. The number of furan rings is 1. The number of imide groups is 1. The average molecular weight is 445 g/mol. The molecule has 0 radical (unpaired) electrons. The summed E-state index contributed by atoms with van der Waals surface area (Å²) < 4.78 is 5.18. The van der Waals surface area contributed by atoms with Crippen molar-refractivity contribution in [2.75, 3.05) is 49.5 Å². The number of nitrogens with zero attached hydrogens (tertiary/aromatic N) is 3. The third-order valence-corrected chi connectivity index (χ3v) is 5.50. The molecule has 31 heavy (non-hydrogen) atoms. The van der Waals surface area contributed by atoms with Crippen LogP contribution < -0.4 is 10.2 Å². The van der Waals surface area contributed by atoms with E-state index in [2.05, 4.69) is 10.2 Å². The fourth-order valence-electron chi connectivity index (χ4n) is 3.61. The summed E-state index contributed by atoms with van der Waals surface area (Å²) in [7, 11) is 0. The zero-order valence-electron chi connectivity index (χ0n) is 16.6. The first-order valence-electron chi connectivity index (χ1n) is 9.80. The van der Waals surface area contributed by atoms with Crippen LogP contribution in [0.2, 0.25) is 5.02 Å². The van der Waals surface area contributed by atoms with Gasteiger partial charge in [-0.2, -0.15) is 0 Å². The van der Waals surface area contributed by atoms with Gasteiger partial charge >= 0.3 is 0 Å². The minimum atomic E-state index is -0.489. The van der Waals surface area contributed by atoms with E-state index < -0.39 is 11.8 Å². The predicted octanol–water partition coefficient (Wildman–Crippen LogP) is 1.55. The summed E-state index contributed by atoms with van der Waals surface area (Å²) in [5, 5.41) is 12.4. The molecule has 3 amide bonds. The molecule has 2 aliphatic rings. The number of nitrogens with one attached hydrogen (secondary N) is 1. The van der Waals surface area contributed by atoms with E-state index in [1.807, 2.05) is 6.07 Å². The number of aliphatic hydroxyl groups excluding tert-OH is 1. The molecule has 4 rings (SSSR count). The Kier molecular flexibility index (Phi) is 5.97. The van der Waals surface area contributed by atoms with Gasteiger partial charge in [0.15, 0.2) is 5.76 Å². The molecular weight excluding hydrogens is 424 g/mol. The van der Waals surface area contributed by atoms with E-state index in [0.29, 0.717) is 42.6 Å². The molecule has 0 saturated carbocycles. The summed E-state index contributed by atoms with van der Waals surface area (Å²) in [6.07, 6.45) is 2.68. The molecule has 162 valence electrons. The summed E-state index contributed by atoms with van der Waals surface area (Å²) >= 11 is 6.48. The highest BCUT2D eigenvalue weighted by atomic mass is 35.5. The smallest absolute Gasteiger partial charge is 0.289 e. The summed E-state index contributed by atoms with van der Waals surface area (Å²) in [4.78, 5) is 41.3. The quantitative estimate of drug-likeness (QED) is 0.651. The lowest BCUT2D eigenvalue weighted by Gasteiger charge is -2.36. The third-order valence-electron chi connectivity index (χ3n) is 5.20. The molecule has 1 fully saturated rings. The molecule has 1 saturated heterocycles. The normalized spacial score (nSPS) is 16.7. The van der Waals surface area contributed by atoms with Gasteiger partial charge in [-0.15, -0.1) is 0 Å². The number of benzene rings is 1. The van der Waals surface area contributed by atoms with Crippen molar-refractivity contribution in [1.82, 2.24) is 9.80 Å². The number of halogens is 1. The van der Waals surface area contributed by atoms with Crippen molar-refractivity contribution in [3.05, 3.63) is 59.2 Å². The van der Waals surface area contributed by atoms with E-state index in [1.54, 1.807) is 29.2 Å². The maximum Gasteiger partial charge on any atom is 0.289 e. The van der Waals surface area contributed by atoms with Crippen molar-refractivity contribution >= 4 is 40.7 Å². The van der Waals surface area contributed by atoms with E-state index in [9.17, 15) is 14.4 Å². The largest absolute Gasteiger partial charge is 0.459 e. The molecule has 10 heteroatoms. The van der Waals surface area contributed by atoms with Crippen LogP contribution in [0.1, 0.15) is 10.6 Å². The van der Waals surface area contributed by atoms with E-state index in [-0.39, 0.29) is 24.8 Å². The van der Waals surface area contributed by atoms with E-state index in [4.69, 9.17) is 21.1 Å². The highest BCUT2D eigenvalue weighted by Gasteiger charge is 2.31. The van der Waals surface area contributed by atoms with Crippen LogP contribution in [0.4, 0.5) is 11.4 Å². The van der Waals surface area contributed by atoms with Crippen LogP contribution in [0, 0.1) is 0 Å². The van der Waals surface area contributed by atoms with Crippen LogP contribution in [-0.4, -0.2) is 72.0 Å². The number of piperazine rings is 1. The Hall–Kier alpha value is -3.30. The van der Waals surface area contributed by atoms with Crippen LogP contribution in [-0.2, 0) is 9.59 Å². The van der Waals surface area contributed by atoms with Gasteiger partial charge in [0.05, 0.1) is 30.1 Å². The van der Waals surface area contributed by atoms with Crippen LogP contribution >= 0.6 is 11.6 Å². The molecule has 3 heterocycles. The van der Waals surface area contributed by atoms with Crippen molar-refractivity contribution in [2.45, 2.75) is 0 Å². The monoisotopic (exact) mass is 444 g/mol. The Morgan fingerprint density at radius 3 is 2.58 bits per heavy atom. The number of carbonyl (C=O) groups excluding carboxylic acids is 3. The second kappa shape index (κ2) is 8.83. The van der Waals surface area contributed by atoms with Crippen molar-refractivity contribution in [1.29, 1.82) is 0 Å². The van der Waals surface area contributed by atoms with Gasteiger partial charge in [-0.1, -0.05) is 11.6 Å². The Bertz CT molecular complexity index is 1030. The lowest BCUT2D eigenvalue weighted by molar-refractivity contribution is -0.137. The number of β-amino-alcohol motifs (C(OH)–C–C–N with tert-alkyl or cyclic N) is 1. The summed E-state index contributed by atoms with van der Waals surface area (Å²) in [5.41, 5.74) is 1.52. The van der Waals surface area contributed by atoms with Gasteiger partial charge in [0.2, 0.25) is 0 Å². The molecule has 0 atom stereocenters. The second-order valence-electron chi connectivity index (χ2n) is 7.12. The van der Waals surface area contributed by atoms with Crippen molar-refractivity contribution in [3.63, 3.8) is 0 Å². The Labute approximate surface area is 183 Å². The standard InChI is InChI=1S/C21H21ClN4O5/c22-15-12-14(23-16-13-19(28)26(9-10-27)20(16)29)3-4-17(15)24-5-7-25(8-6-24)21(30)18-2-1-11-31-18/h1-4,11-13,23,27H,5-10H2. The summed E-state index contributed by atoms with van der Waals surface area (Å²) in [5.74, 6) is -0.758. The lowest BCUT2D eigenvalue weighted by Crippen LogP contribution is -2.48. The van der Waals surface area contributed by atoms with Crippen molar-refractivity contribution < 1.29 is 23.9 Å². The average Bonchev–Trinajstić information content (AvgIpc) is 3.39. The molecule has 1 aromatic heterocycles. The molecule has 0 unspecified atom stereocenters. The number of anilines is 2. The Morgan fingerprint density at radius 2 is 1.94 bits per heavy atom. The minimum Gasteiger partial charge on any atom is -0.459 e. The zero-order chi connectivity index (χ0) is 22.0. The Morgan fingerprint density at radius 1 is 1.16 bits per heavy atom. The topological polar surface area (TPSA) is 106 Å². The molecular formula is C21H21ClN4O5. The fourth-order valence-corrected chi connectivity index (χ4v) is 3.91. The first-order chi connectivity index (χ1) is 15.0. The number of hydrogen-bond acceptors (Lipinski definition) is 7. The van der Waals surface area contributed by atoms with Crippen molar-refractivity contribution in [3.8, 4) is 0 Å². The molecule has 0 aliphatic carbocycles. The number of aliphatic hydroxyl groups is 1. The lowest BCUT2D eigenvalue weighted by atomic mass is 10.2. The molecule has 1 aromatic carbocycles. The third kappa shape index (κ3) is 4.28. The highest BCUT2D eigenvalue weighted by molar-refractivity contribution is 6.33. The highest BCUT2D eigenvalue weighted by Crippen LogP contribution is 2.31. The van der Waals surface area contributed by atoms with Crippen LogP contribution in [0.15, 0.2) is 52.8 Å². The van der Waals surface area contributed by atoms with E-state index in [1.165, 1.54) is 12.3 Å². The van der Waals surface area contributed by atoms with E-state index in [0.717, 1.165) is 10.6 Å². The Balaban J connectivity index is 1.39. The van der Waals surface area contributed by atoms with Crippen LogP contribution in [0.3, 0.4) is 0 Å². The number of carbonyl (C=O) groups is 3. The molecule has 2 aromatic rings. The van der Waals surface area contributed by atoms with Crippen LogP contribution in [0.5, 0.6) is 0 Å².